The molecule has 0 amide bonds. The highest BCUT2D eigenvalue weighted by atomic mass is 16.5. The zero-order chi connectivity index (χ0) is 14.4. The Labute approximate surface area is 123 Å². The first-order valence-electron chi connectivity index (χ1n) is 7.64. The molecule has 1 heterocycles. The second-order valence-corrected chi connectivity index (χ2v) is 6.53. The zero-order valence-electron chi connectivity index (χ0n) is 13.0. The van der Waals surface area contributed by atoms with Gasteiger partial charge in [-0.15, -0.1) is 0 Å². The average Bonchev–Trinajstić information content (AvgIpc) is 2.84. The third-order valence-electron chi connectivity index (χ3n) is 3.66. The second-order valence-electron chi connectivity index (χ2n) is 6.53. The maximum Gasteiger partial charge on any atom is 0.0629 e. The second kappa shape index (κ2) is 7.05. The van der Waals surface area contributed by atoms with Crippen LogP contribution in [0.4, 0.5) is 0 Å². The Morgan fingerprint density at radius 2 is 2.00 bits per heavy atom. The molecule has 1 saturated heterocycles. The summed E-state index contributed by atoms with van der Waals surface area (Å²) in [5, 5.41) is 0. The molecule has 0 N–H and O–H groups in total. The van der Waals surface area contributed by atoms with Crippen LogP contribution < -0.4 is 0 Å². The molecule has 1 aliphatic rings. The van der Waals surface area contributed by atoms with Crippen LogP contribution in [0.15, 0.2) is 36.4 Å². The summed E-state index contributed by atoms with van der Waals surface area (Å²) in [7, 11) is 0. The highest BCUT2D eigenvalue weighted by molar-refractivity contribution is 5.48. The van der Waals surface area contributed by atoms with E-state index < -0.39 is 0 Å². The lowest BCUT2D eigenvalue weighted by molar-refractivity contribution is -0.0268. The van der Waals surface area contributed by atoms with Gasteiger partial charge >= 0.3 is 0 Å². The molecule has 0 bridgehead atoms. The number of hydrogen-bond acceptors (Lipinski definition) is 2. The van der Waals surface area contributed by atoms with Gasteiger partial charge in [0.05, 0.1) is 12.2 Å². The van der Waals surface area contributed by atoms with Crippen molar-refractivity contribution in [1.82, 2.24) is 4.90 Å². The van der Waals surface area contributed by atoms with Gasteiger partial charge in [-0.2, -0.15) is 0 Å². The summed E-state index contributed by atoms with van der Waals surface area (Å²) in [6.45, 7) is 9.44. The minimum absolute atomic E-state index is 0.0336. The van der Waals surface area contributed by atoms with Gasteiger partial charge in [-0.3, -0.25) is 4.90 Å². The van der Waals surface area contributed by atoms with Crippen molar-refractivity contribution in [3.05, 3.63) is 42.0 Å². The van der Waals surface area contributed by atoms with Crippen LogP contribution >= 0.6 is 0 Å². The number of ether oxygens (including phenoxy) is 1. The molecule has 2 heteroatoms. The van der Waals surface area contributed by atoms with Crippen LogP contribution in [0.2, 0.25) is 0 Å². The number of nitrogens with zero attached hydrogens (tertiary/aromatic N) is 1. The summed E-state index contributed by atoms with van der Waals surface area (Å²) >= 11 is 0. The highest BCUT2D eigenvalue weighted by Gasteiger charge is 2.25. The largest absolute Gasteiger partial charge is 0.374 e. The molecular formula is C18H27NO. The van der Waals surface area contributed by atoms with Crippen molar-refractivity contribution in [3.63, 3.8) is 0 Å². The molecule has 0 saturated carbocycles. The predicted molar refractivity (Wildman–Crippen MR) is 85.8 cm³/mol. The fourth-order valence-corrected chi connectivity index (χ4v) is 2.56. The molecule has 1 aromatic rings. The summed E-state index contributed by atoms with van der Waals surface area (Å²) in [6, 6.07) is 11.1. The lowest BCUT2D eigenvalue weighted by Gasteiger charge is -2.27. The molecule has 20 heavy (non-hydrogen) atoms. The van der Waals surface area contributed by atoms with Gasteiger partial charge in [0, 0.05) is 12.6 Å². The summed E-state index contributed by atoms with van der Waals surface area (Å²) in [5.74, 6) is 0. The fourth-order valence-electron chi connectivity index (χ4n) is 2.56. The normalized spacial score (nSPS) is 20.9. The summed E-state index contributed by atoms with van der Waals surface area (Å²) < 4.78 is 5.94. The van der Waals surface area contributed by atoms with Crippen LogP contribution in [-0.2, 0) is 4.74 Å². The van der Waals surface area contributed by atoms with E-state index in [1.165, 1.54) is 24.9 Å². The lowest BCUT2D eigenvalue weighted by atomic mass is 10.1. The number of benzene rings is 1. The van der Waals surface area contributed by atoms with E-state index in [1.807, 2.05) is 0 Å². The Hall–Kier alpha value is -1.12. The number of hydrogen-bond donors (Lipinski definition) is 0. The van der Waals surface area contributed by atoms with Crippen LogP contribution in [0.5, 0.6) is 0 Å². The fraction of sp³-hybridized carbons (Fsp3) is 0.556. The SMILES string of the molecule is CC(C)(C)OC[C@@H]1CCCN1C/C=C/c1ccccc1. The van der Waals surface area contributed by atoms with Gasteiger partial charge in [-0.1, -0.05) is 42.5 Å². The van der Waals surface area contributed by atoms with Crippen molar-refractivity contribution in [3.8, 4) is 0 Å². The Bertz CT molecular complexity index is 419. The van der Waals surface area contributed by atoms with E-state index in [0.717, 1.165) is 13.2 Å². The number of likely N-dealkylation sites (tertiary alicyclic amines) is 1. The van der Waals surface area contributed by atoms with Crippen LogP contribution in [0.25, 0.3) is 6.08 Å². The van der Waals surface area contributed by atoms with E-state index in [1.54, 1.807) is 0 Å². The first kappa shape index (κ1) is 15.3. The lowest BCUT2D eigenvalue weighted by Crippen LogP contribution is -2.36. The van der Waals surface area contributed by atoms with Crippen molar-refractivity contribution in [2.45, 2.75) is 45.3 Å². The standard InChI is InChI=1S/C18H27NO/c1-18(2,3)20-15-17-12-8-14-19(17)13-7-11-16-9-5-4-6-10-16/h4-7,9-11,17H,8,12-15H2,1-3H3/b11-7+/t17-/m0/s1. The first-order chi connectivity index (χ1) is 9.54. The van der Waals surface area contributed by atoms with Gasteiger partial charge in [0.2, 0.25) is 0 Å². The van der Waals surface area contributed by atoms with Crippen molar-refractivity contribution in [2.75, 3.05) is 19.7 Å². The highest BCUT2D eigenvalue weighted by Crippen LogP contribution is 2.19. The van der Waals surface area contributed by atoms with E-state index in [-0.39, 0.29) is 5.60 Å². The van der Waals surface area contributed by atoms with Gasteiger partial charge in [-0.05, 0) is 45.7 Å². The van der Waals surface area contributed by atoms with E-state index in [0.29, 0.717) is 6.04 Å². The molecule has 2 rings (SSSR count). The Kier molecular flexibility index (Phi) is 5.38. The Morgan fingerprint density at radius 3 is 2.70 bits per heavy atom. The molecule has 1 aliphatic heterocycles. The van der Waals surface area contributed by atoms with Gasteiger partial charge < -0.3 is 4.74 Å². The van der Waals surface area contributed by atoms with E-state index >= 15 is 0 Å². The summed E-state index contributed by atoms with van der Waals surface area (Å²) in [6.07, 6.45) is 7.03. The molecule has 2 nitrogen and oxygen atoms in total. The Balaban J connectivity index is 1.81. The average molecular weight is 273 g/mol. The van der Waals surface area contributed by atoms with Gasteiger partial charge in [-0.25, -0.2) is 0 Å². The first-order valence-corrected chi connectivity index (χ1v) is 7.64. The third-order valence-corrected chi connectivity index (χ3v) is 3.66. The molecule has 0 aromatic heterocycles. The minimum atomic E-state index is -0.0336. The van der Waals surface area contributed by atoms with Crippen molar-refractivity contribution in [1.29, 1.82) is 0 Å². The molecule has 110 valence electrons. The third kappa shape index (κ3) is 5.10. The topological polar surface area (TPSA) is 12.5 Å². The van der Waals surface area contributed by atoms with Crippen LogP contribution in [0.1, 0.15) is 39.2 Å². The van der Waals surface area contributed by atoms with Gasteiger partial charge in [0.1, 0.15) is 0 Å². The van der Waals surface area contributed by atoms with E-state index in [2.05, 4.69) is 68.2 Å². The van der Waals surface area contributed by atoms with Crippen molar-refractivity contribution >= 4 is 6.08 Å². The molecule has 1 atom stereocenters. The van der Waals surface area contributed by atoms with E-state index in [9.17, 15) is 0 Å². The smallest absolute Gasteiger partial charge is 0.0629 e. The molecule has 0 aliphatic carbocycles. The maximum atomic E-state index is 5.94. The van der Waals surface area contributed by atoms with E-state index in [4.69, 9.17) is 4.74 Å². The molecule has 0 radical (unpaired) electrons. The van der Waals surface area contributed by atoms with Crippen LogP contribution in [0, 0.1) is 0 Å². The van der Waals surface area contributed by atoms with Crippen LogP contribution in [0.3, 0.4) is 0 Å². The molecule has 0 spiro atoms. The number of rotatable bonds is 5. The molecule has 1 fully saturated rings. The molecular weight excluding hydrogens is 246 g/mol. The minimum Gasteiger partial charge on any atom is -0.374 e. The van der Waals surface area contributed by atoms with Crippen molar-refractivity contribution < 1.29 is 4.74 Å². The van der Waals surface area contributed by atoms with Crippen molar-refractivity contribution in [2.24, 2.45) is 0 Å². The Morgan fingerprint density at radius 1 is 1.25 bits per heavy atom. The monoisotopic (exact) mass is 273 g/mol. The zero-order valence-corrected chi connectivity index (χ0v) is 13.0. The quantitative estimate of drug-likeness (QED) is 0.804. The summed E-state index contributed by atoms with van der Waals surface area (Å²) in [4.78, 5) is 2.53. The van der Waals surface area contributed by atoms with Gasteiger partial charge in [0.25, 0.3) is 0 Å². The molecule has 0 unspecified atom stereocenters. The molecule has 1 aromatic carbocycles. The predicted octanol–water partition coefficient (Wildman–Crippen LogP) is 3.98. The van der Waals surface area contributed by atoms with Crippen LogP contribution in [-0.4, -0.2) is 36.2 Å². The van der Waals surface area contributed by atoms with Gasteiger partial charge in [0.15, 0.2) is 0 Å². The maximum absolute atomic E-state index is 5.94. The summed E-state index contributed by atoms with van der Waals surface area (Å²) in [5.41, 5.74) is 1.24.